The molecule has 0 heterocycles. The van der Waals surface area contributed by atoms with Gasteiger partial charge in [0, 0.05) is 18.7 Å². The maximum atomic E-state index is 13.5. The van der Waals surface area contributed by atoms with Crippen molar-refractivity contribution in [2.45, 2.75) is 26.4 Å². The van der Waals surface area contributed by atoms with Gasteiger partial charge in [-0.25, -0.2) is 0 Å². The summed E-state index contributed by atoms with van der Waals surface area (Å²) >= 11 is 0. The number of carbonyl (C=O) groups excluding carboxylic acids is 1. The molecule has 1 aromatic carbocycles. The molecular formula is C13H17FN2O4. The van der Waals surface area contributed by atoms with Gasteiger partial charge in [-0.1, -0.05) is 6.07 Å². The number of halogens is 1. The Morgan fingerprint density at radius 3 is 2.60 bits per heavy atom. The molecule has 0 aliphatic rings. The summed E-state index contributed by atoms with van der Waals surface area (Å²) in [5.74, 6) is -1.27. The third kappa shape index (κ3) is 4.27. The van der Waals surface area contributed by atoms with E-state index in [9.17, 15) is 19.3 Å². The molecule has 0 saturated carbocycles. The van der Waals surface area contributed by atoms with Gasteiger partial charge in [0.25, 0.3) is 0 Å². The van der Waals surface area contributed by atoms with Gasteiger partial charge in [0.2, 0.25) is 5.82 Å². The van der Waals surface area contributed by atoms with Crippen LogP contribution >= 0.6 is 0 Å². The fraction of sp³-hybridized carbons (Fsp3) is 0.462. The van der Waals surface area contributed by atoms with Crippen molar-refractivity contribution in [2.75, 3.05) is 13.7 Å². The predicted molar refractivity (Wildman–Crippen MR) is 70.6 cm³/mol. The summed E-state index contributed by atoms with van der Waals surface area (Å²) in [6.45, 7) is 4.17. The molecule has 0 aliphatic carbocycles. The van der Waals surface area contributed by atoms with Gasteiger partial charge in [0.15, 0.2) is 0 Å². The Labute approximate surface area is 116 Å². The molecule has 0 radical (unpaired) electrons. The second-order valence-corrected chi connectivity index (χ2v) is 4.62. The first-order valence-electron chi connectivity index (χ1n) is 6.08. The average molecular weight is 284 g/mol. The van der Waals surface area contributed by atoms with Crippen LogP contribution in [0.15, 0.2) is 18.2 Å². The molecule has 0 aromatic heterocycles. The van der Waals surface area contributed by atoms with Crippen LogP contribution in [0.4, 0.5) is 10.1 Å². The number of rotatable bonds is 6. The first-order chi connectivity index (χ1) is 9.35. The van der Waals surface area contributed by atoms with E-state index in [2.05, 4.69) is 4.74 Å². The van der Waals surface area contributed by atoms with E-state index in [0.29, 0.717) is 12.1 Å². The van der Waals surface area contributed by atoms with Gasteiger partial charge in [0.05, 0.1) is 18.6 Å². The first kappa shape index (κ1) is 16.0. The highest BCUT2D eigenvalue weighted by Crippen LogP contribution is 2.19. The molecule has 0 amide bonds. The highest BCUT2D eigenvalue weighted by molar-refractivity contribution is 5.71. The number of methoxy groups -OCH3 is 1. The monoisotopic (exact) mass is 284 g/mol. The minimum Gasteiger partial charge on any atom is -0.468 e. The Kier molecular flexibility index (Phi) is 5.57. The number of hydrogen-bond donors (Lipinski definition) is 0. The molecule has 7 heteroatoms. The van der Waals surface area contributed by atoms with Gasteiger partial charge in [-0.05, 0) is 25.5 Å². The second-order valence-electron chi connectivity index (χ2n) is 4.62. The Bertz CT molecular complexity index is 505. The molecule has 0 aliphatic heterocycles. The van der Waals surface area contributed by atoms with E-state index >= 15 is 0 Å². The van der Waals surface area contributed by atoms with Gasteiger partial charge in [-0.15, -0.1) is 0 Å². The number of nitrogens with zero attached hydrogens (tertiary/aromatic N) is 2. The molecule has 0 bridgehead atoms. The lowest BCUT2D eigenvalue weighted by Crippen LogP contribution is -2.35. The topological polar surface area (TPSA) is 72.7 Å². The van der Waals surface area contributed by atoms with Gasteiger partial charge in [0.1, 0.15) is 0 Å². The lowest BCUT2D eigenvalue weighted by atomic mass is 10.1. The number of hydrogen-bond acceptors (Lipinski definition) is 5. The molecule has 6 nitrogen and oxygen atoms in total. The highest BCUT2D eigenvalue weighted by Gasteiger charge is 2.18. The summed E-state index contributed by atoms with van der Waals surface area (Å²) in [7, 11) is 1.30. The van der Waals surface area contributed by atoms with Crippen molar-refractivity contribution in [1.82, 2.24) is 4.90 Å². The van der Waals surface area contributed by atoms with Crippen LogP contribution in [-0.2, 0) is 16.1 Å². The molecule has 20 heavy (non-hydrogen) atoms. The molecule has 0 unspecified atom stereocenters. The molecule has 1 aromatic rings. The zero-order chi connectivity index (χ0) is 15.3. The first-order valence-corrected chi connectivity index (χ1v) is 6.08. The number of ether oxygens (including phenoxy) is 1. The average Bonchev–Trinajstić information content (AvgIpc) is 2.37. The minimum absolute atomic E-state index is 0.0485. The van der Waals surface area contributed by atoms with E-state index in [0.717, 1.165) is 12.1 Å². The maximum absolute atomic E-state index is 13.5. The van der Waals surface area contributed by atoms with Crippen LogP contribution in [0.2, 0.25) is 0 Å². The zero-order valence-corrected chi connectivity index (χ0v) is 11.6. The van der Waals surface area contributed by atoms with E-state index in [4.69, 9.17) is 0 Å². The van der Waals surface area contributed by atoms with E-state index in [1.165, 1.54) is 13.2 Å². The van der Waals surface area contributed by atoms with Crippen molar-refractivity contribution in [3.8, 4) is 0 Å². The maximum Gasteiger partial charge on any atom is 0.319 e. The van der Waals surface area contributed by atoms with Crippen LogP contribution < -0.4 is 0 Å². The summed E-state index contributed by atoms with van der Waals surface area (Å²) in [5, 5.41) is 10.5. The van der Waals surface area contributed by atoms with Crippen LogP contribution in [0.25, 0.3) is 0 Å². The Balaban J connectivity index is 2.86. The number of esters is 1. The van der Waals surface area contributed by atoms with Gasteiger partial charge in [-0.3, -0.25) is 19.8 Å². The van der Waals surface area contributed by atoms with Crippen LogP contribution in [0, 0.1) is 15.9 Å². The molecule has 110 valence electrons. The van der Waals surface area contributed by atoms with E-state index < -0.39 is 16.4 Å². The van der Waals surface area contributed by atoms with Gasteiger partial charge in [-0.2, -0.15) is 4.39 Å². The number of nitro benzene ring substituents is 1. The fourth-order valence-corrected chi connectivity index (χ4v) is 1.68. The van der Waals surface area contributed by atoms with Crippen molar-refractivity contribution in [3.05, 3.63) is 39.7 Å². The molecular weight excluding hydrogens is 267 g/mol. The van der Waals surface area contributed by atoms with Crippen molar-refractivity contribution in [3.63, 3.8) is 0 Å². The molecule has 0 N–H and O–H groups in total. The fourth-order valence-electron chi connectivity index (χ4n) is 1.68. The Hall–Kier alpha value is -2.02. The molecule has 0 atom stereocenters. The van der Waals surface area contributed by atoms with E-state index in [1.54, 1.807) is 4.90 Å². The second kappa shape index (κ2) is 6.95. The molecule has 1 rings (SSSR count). The quantitative estimate of drug-likeness (QED) is 0.454. The summed E-state index contributed by atoms with van der Waals surface area (Å²) < 4.78 is 18.1. The van der Waals surface area contributed by atoms with Gasteiger partial charge >= 0.3 is 11.7 Å². The highest BCUT2D eigenvalue weighted by atomic mass is 19.1. The number of benzene rings is 1. The Morgan fingerprint density at radius 1 is 1.50 bits per heavy atom. The smallest absolute Gasteiger partial charge is 0.319 e. The van der Waals surface area contributed by atoms with Crippen LogP contribution in [0.1, 0.15) is 19.4 Å². The standard InChI is InChI=1S/C13H17FN2O4/c1-9(2)15(8-13(17)20-3)7-10-4-5-12(16(18)19)11(14)6-10/h4-6,9H,7-8H2,1-3H3. The van der Waals surface area contributed by atoms with Crippen molar-refractivity contribution in [1.29, 1.82) is 0 Å². The third-order valence-corrected chi connectivity index (χ3v) is 2.88. The third-order valence-electron chi connectivity index (χ3n) is 2.88. The lowest BCUT2D eigenvalue weighted by molar-refractivity contribution is -0.387. The summed E-state index contributed by atoms with van der Waals surface area (Å²) in [5.41, 5.74) is 0.00326. The van der Waals surface area contributed by atoms with Crippen LogP contribution in [0.3, 0.4) is 0 Å². The normalized spacial score (nSPS) is 10.9. The minimum atomic E-state index is -0.880. The number of nitro groups is 1. The molecule has 0 spiro atoms. The molecule has 0 fully saturated rings. The molecule has 0 saturated heterocycles. The van der Waals surface area contributed by atoms with Crippen LogP contribution in [-0.4, -0.2) is 35.5 Å². The SMILES string of the molecule is COC(=O)CN(Cc1ccc([N+](=O)[O-])c(F)c1)C(C)C. The zero-order valence-electron chi connectivity index (χ0n) is 11.6. The predicted octanol–water partition coefficient (Wildman–Crippen LogP) is 2.12. The Morgan fingerprint density at radius 2 is 2.15 bits per heavy atom. The van der Waals surface area contributed by atoms with Crippen LogP contribution in [0.5, 0.6) is 0 Å². The van der Waals surface area contributed by atoms with Crippen molar-refractivity contribution in [2.24, 2.45) is 0 Å². The van der Waals surface area contributed by atoms with E-state index in [1.807, 2.05) is 13.8 Å². The summed E-state index contributed by atoms with van der Waals surface area (Å²) in [6, 6.07) is 3.77. The van der Waals surface area contributed by atoms with E-state index in [-0.39, 0.29) is 18.6 Å². The largest absolute Gasteiger partial charge is 0.468 e. The van der Waals surface area contributed by atoms with Crippen molar-refractivity contribution >= 4 is 11.7 Å². The van der Waals surface area contributed by atoms with Gasteiger partial charge < -0.3 is 4.74 Å². The summed E-state index contributed by atoms with van der Waals surface area (Å²) in [6.07, 6.45) is 0. The summed E-state index contributed by atoms with van der Waals surface area (Å²) in [4.78, 5) is 22.9. The van der Waals surface area contributed by atoms with Crippen molar-refractivity contribution < 1.29 is 18.8 Å². The lowest BCUT2D eigenvalue weighted by Gasteiger charge is -2.25. The number of carbonyl (C=O) groups is 1.